The molecule has 0 aliphatic rings. The zero-order valence-corrected chi connectivity index (χ0v) is 22.8. The van der Waals surface area contributed by atoms with Crippen molar-refractivity contribution in [1.29, 1.82) is 0 Å². The fourth-order valence-electron chi connectivity index (χ4n) is 3.64. The number of halogens is 1. The number of hydrogen-bond donors (Lipinski definition) is 2. The largest absolute Gasteiger partial charge is 0.464 e. The second-order valence-electron chi connectivity index (χ2n) is 8.20. The molecule has 4 rings (SSSR count). The standard InChI is InChI=1S/C26H24ClN3O6S2/c1-3-36-26(33)20(15-31)28-25(32)19-14-22(30(29-19)21-10-5-4-9-18(21)27)24-12-11-23(37-24)16-7-6-8-17(13-16)38(2,34)35/h4-14,20,31H,3,15H2,1-2H3,(H,28,32)/t20-/m0/s1. The number of aliphatic hydroxyl groups excluding tert-OH is 1. The highest BCUT2D eigenvalue weighted by molar-refractivity contribution is 7.90. The van der Waals surface area contributed by atoms with E-state index >= 15 is 0 Å². The number of hydrogen-bond acceptors (Lipinski definition) is 8. The van der Waals surface area contributed by atoms with Crippen LogP contribution in [-0.2, 0) is 19.4 Å². The van der Waals surface area contributed by atoms with E-state index in [-0.39, 0.29) is 17.2 Å². The Morgan fingerprint density at radius 3 is 2.53 bits per heavy atom. The van der Waals surface area contributed by atoms with Crippen molar-refractivity contribution in [1.82, 2.24) is 15.1 Å². The maximum absolute atomic E-state index is 13.0. The molecule has 0 saturated carbocycles. The molecule has 1 atom stereocenters. The topological polar surface area (TPSA) is 128 Å². The summed E-state index contributed by atoms with van der Waals surface area (Å²) in [5, 5.41) is 16.9. The van der Waals surface area contributed by atoms with Crippen LogP contribution in [0.5, 0.6) is 0 Å². The van der Waals surface area contributed by atoms with Gasteiger partial charge < -0.3 is 15.2 Å². The normalized spacial score (nSPS) is 12.2. The number of sulfone groups is 1. The lowest BCUT2D eigenvalue weighted by molar-refractivity contribution is -0.146. The van der Waals surface area contributed by atoms with Crippen molar-refractivity contribution < 1.29 is 27.9 Å². The van der Waals surface area contributed by atoms with Gasteiger partial charge in [0.15, 0.2) is 21.6 Å². The molecular formula is C26H24ClN3O6S2. The van der Waals surface area contributed by atoms with Crippen LogP contribution in [0.1, 0.15) is 17.4 Å². The zero-order valence-electron chi connectivity index (χ0n) is 20.4. The number of para-hydroxylation sites is 1. The predicted octanol–water partition coefficient (Wildman–Crippen LogP) is 3.98. The Hall–Kier alpha value is -3.51. The molecule has 0 saturated heterocycles. The number of carbonyl (C=O) groups is 2. The number of carbonyl (C=O) groups excluding carboxylic acids is 2. The quantitative estimate of drug-likeness (QED) is 0.290. The Bertz CT molecular complexity index is 1600. The number of benzene rings is 2. The number of nitrogens with one attached hydrogen (secondary N) is 1. The number of aromatic nitrogens is 2. The third-order valence-corrected chi connectivity index (χ3v) is 8.07. The molecular weight excluding hydrogens is 550 g/mol. The number of rotatable bonds is 9. The summed E-state index contributed by atoms with van der Waals surface area (Å²) in [5.41, 5.74) is 1.81. The van der Waals surface area contributed by atoms with E-state index < -0.39 is 34.4 Å². The first-order valence-corrected chi connectivity index (χ1v) is 14.5. The Balaban J connectivity index is 1.75. The van der Waals surface area contributed by atoms with Crippen molar-refractivity contribution in [3.8, 4) is 26.7 Å². The van der Waals surface area contributed by atoms with Gasteiger partial charge in [0.2, 0.25) is 0 Å². The van der Waals surface area contributed by atoms with Crippen molar-refractivity contribution in [2.45, 2.75) is 17.9 Å². The minimum Gasteiger partial charge on any atom is -0.464 e. The summed E-state index contributed by atoms with van der Waals surface area (Å²) >= 11 is 7.83. The molecule has 1 amide bonds. The van der Waals surface area contributed by atoms with E-state index in [0.717, 1.165) is 21.6 Å². The van der Waals surface area contributed by atoms with Gasteiger partial charge in [-0.2, -0.15) is 5.10 Å². The fourth-order valence-corrected chi connectivity index (χ4v) is 5.53. The molecule has 2 aromatic heterocycles. The van der Waals surface area contributed by atoms with Gasteiger partial charge in [0.25, 0.3) is 5.91 Å². The summed E-state index contributed by atoms with van der Waals surface area (Å²) in [4.78, 5) is 26.8. The van der Waals surface area contributed by atoms with Gasteiger partial charge in [0.05, 0.1) is 39.4 Å². The van der Waals surface area contributed by atoms with Gasteiger partial charge in [0, 0.05) is 11.1 Å². The third-order valence-electron chi connectivity index (χ3n) is 5.49. The lowest BCUT2D eigenvalue weighted by Gasteiger charge is -2.13. The molecule has 0 unspecified atom stereocenters. The summed E-state index contributed by atoms with van der Waals surface area (Å²) in [7, 11) is -3.37. The summed E-state index contributed by atoms with van der Waals surface area (Å²) in [6, 6.07) is 17.7. The van der Waals surface area contributed by atoms with Crippen LogP contribution in [0, 0.1) is 0 Å². The first kappa shape index (κ1) is 27.5. The molecule has 2 aromatic carbocycles. The molecule has 38 heavy (non-hydrogen) atoms. The van der Waals surface area contributed by atoms with E-state index in [0.29, 0.717) is 16.4 Å². The Morgan fingerprint density at radius 1 is 1.11 bits per heavy atom. The van der Waals surface area contributed by atoms with Crippen LogP contribution in [0.4, 0.5) is 0 Å². The minimum absolute atomic E-state index is 0.00306. The number of nitrogens with zero attached hydrogens (tertiary/aromatic N) is 2. The first-order valence-electron chi connectivity index (χ1n) is 11.5. The highest BCUT2D eigenvalue weighted by atomic mass is 35.5. The lowest BCUT2D eigenvalue weighted by Crippen LogP contribution is -2.44. The van der Waals surface area contributed by atoms with Crippen molar-refractivity contribution in [2.24, 2.45) is 0 Å². The van der Waals surface area contributed by atoms with Gasteiger partial charge >= 0.3 is 5.97 Å². The molecule has 2 N–H and O–H groups in total. The van der Waals surface area contributed by atoms with Gasteiger partial charge in [-0.3, -0.25) is 4.79 Å². The number of amides is 1. The number of aliphatic hydroxyl groups is 1. The van der Waals surface area contributed by atoms with Gasteiger partial charge in [-0.15, -0.1) is 11.3 Å². The maximum atomic E-state index is 13.0. The molecule has 2 heterocycles. The zero-order chi connectivity index (χ0) is 27.4. The lowest BCUT2D eigenvalue weighted by atomic mass is 10.2. The third kappa shape index (κ3) is 5.97. The van der Waals surface area contributed by atoms with Crippen molar-refractivity contribution in [2.75, 3.05) is 19.5 Å². The SMILES string of the molecule is CCOC(=O)[C@H](CO)NC(=O)c1cc(-c2ccc(-c3cccc(S(C)(=O)=O)c3)s2)n(-c2ccccc2Cl)n1. The number of thiophene rings is 1. The van der Waals surface area contributed by atoms with Crippen molar-refractivity contribution >= 4 is 44.7 Å². The molecule has 9 nitrogen and oxygen atoms in total. The molecule has 4 aromatic rings. The molecule has 0 aliphatic heterocycles. The van der Waals surface area contributed by atoms with Crippen LogP contribution in [0.25, 0.3) is 26.7 Å². The summed E-state index contributed by atoms with van der Waals surface area (Å²) in [5.74, 6) is -1.44. The van der Waals surface area contributed by atoms with Crippen LogP contribution in [-0.4, -0.2) is 60.7 Å². The minimum atomic E-state index is -3.37. The maximum Gasteiger partial charge on any atom is 0.331 e. The molecule has 0 radical (unpaired) electrons. The monoisotopic (exact) mass is 573 g/mol. The first-order chi connectivity index (χ1) is 18.1. The average Bonchev–Trinajstić information content (AvgIpc) is 3.55. The molecule has 0 bridgehead atoms. The molecule has 198 valence electrons. The van der Waals surface area contributed by atoms with Crippen LogP contribution in [0.15, 0.2) is 71.6 Å². The van der Waals surface area contributed by atoms with Crippen LogP contribution in [0.2, 0.25) is 5.02 Å². The second kappa shape index (κ2) is 11.5. The second-order valence-corrected chi connectivity index (χ2v) is 11.7. The van der Waals surface area contributed by atoms with Gasteiger partial charge in [-0.25, -0.2) is 17.9 Å². The Labute approximate surface area is 228 Å². The van der Waals surface area contributed by atoms with E-state index in [1.807, 2.05) is 18.2 Å². The highest BCUT2D eigenvalue weighted by Crippen LogP contribution is 2.37. The van der Waals surface area contributed by atoms with E-state index in [4.69, 9.17) is 16.3 Å². The number of ether oxygens (including phenoxy) is 1. The van der Waals surface area contributed by atoms with Crippen LogP contribution in [0.3, 0.4) is 0 Å². The molecule has 12 heteroatoms. The molecule has 0 spiro atoms. The summed E-state index contributed by atoms with van der Waals surface area (Å²) in [6.45, 7) is 1.09. The Kier molecular flexibility index (Phi) is 8.32. The molecule has 0 aliphatic carbocycles. The predicted molar refractivity (Wildman–Crippen MR) is 145 cm³/mol. The summed E-state index contributed by atoms with van der Waals surface area (Å²) in [6.07, 6.45) is 1.16. The van der Waals surface area contributed by atoms with Gasteiger partial charge in [0.1, 0.15) is 0 Å². The average molecular weight is 574 g/mol. The van der Waals surface area contributed by atoms with E-state index in [1.54, 1.807) is 55.5 Å². The number of esters is 1. The smallest absolute Gasteiger partial charge is 0.331 e. The van der Waals surface area contributed by atoms with Crippen LogP contribution >= 0.6 is 22.9 Å². The van der Waals surface area contributed by atoms with Crippen LogP contribution < -0.4 is 5.32 Å². The summed E-state index contributed by atoms with van der Waals surface area (Å²) < 4.78 is 30.5. The molecule has 0 fully saturated rings. The fraction of sp³-hybridized carbons (Fsp3) is 0.192. The van der Waals surface area contributed by atoms with Gasteiger partial charge in [-0.05, 0) is 55.0 Å². The van der Waals surface area contributed by atoms with E-state index in [9.17, 15) is 23.1 Å². The highest BCUT2D eigenvalue weighted by Gasteiger charge is 2.25. The van der Waals surface area contributed by atoms with Crippen molar-refractivity contribution in [3.05, 3.63) is 77.4 Å². The van der Waals surface area contributed by atoms with Gasteiger partial charge in [-0.1, -0.05) is 35.9 Å². The Morgan fingerprint density at radius 2 is 1.84 bits per heavy atom. The van der Waals surface area contributed by atoms with E-state index in [2.05, 4.69) is 10.4 Å². The van der Waals surface area contributed by atoms with E-state index in [1.165, 1.54) is 16.0 Å². The van der Waals surface area contributed by atoms with Crippen molar-refractivity contribution in [3.63, 3.8) is 0 Å².